The van der Waals surface area contributed by atoms with E-state index in [1.165, 1.54) is 25.7 Å². The summed E-state index contributed by atoms with van der Waals surface area (Å²) >= 11 is 0. The van der Waals surface area contributed by atoms with Crippen molar-refractivity contribution in [2.45, 2.75) is 0 Å². The number of hydrogen-bond donors (Lipinski definition) is 2. The fourth-order valence-corrected chi connectivity index (χ4v) is 1.50. The summed E-state index contributed by atoms with van der Waals surface area (Å²) in [5.41, 5.74) is 6.40. The second kappa shape index (κ2) is 5.13. The zero-order valence-corrected chi connectivity index (χ0v) is 9.75. The third-order valence-corrected chi connectivity index (χ3v) is 2.31. The van der Waals surface area contributed by atoms with E-state index in [0.29, 0.717) is 17.3 Å². The molecular formula is C12H12N4O2. The van der Waals surface area contributed by atoms with Crippen molar-refractivity contribution in [1.82, 2.24) is 9.97 Å². The zero-order chi connectivity index (χ0) is 13.0. The number of amides is 1. The SMILES string of the molecule is COc1cccc(N)c1C(=O)Nc1cnccn1. The first-order valence-corrected chi connectivity index (χ1v) is 5.22. The van der Waals surface area contributed by atoms with Crippen LogP contribution in [0.15, 0.2) is 36.8 Å². The minimum Gasteiger partial charge on any atom is -0.496 e. The van der Waals surface area contributed by atoms with Crippen LogP contribution in [0.1, 0.15) is 10.4 Å². The van der Waals surface area contributed by atoms with Crippen molar-refractivity contribution in [3.05, 3.63) is 42.4 Å². The molecule has 3 N–H and O–H groups in total. The van der Waals surface area contributed by atoms with Gasteiger partial charge in [0.05, 0.1) is 13.3 Å². The van der Waals surface area contributed by atoms with Crippen LogP contribution in [0.3, 0.4) is 0 Å². The van der Waals surface area contributed by atoms with Gasteiger partial charge in [0.2, 0.25) is 0 Å². The second-order valence-corrected chi connectivity index (χ2v) is 3.47. The molecule has 0 fully saturated rings. The largest absolute Gasteiger partial charge is 0.496 e. The summed E-state index contributed by atoms with van der Waals surface area (Å²) in [6.45, 7) is 0. The molecule has 0 aliphatic rings. The zero-order valence-electron chi connectivity index (χ0n) is 9.75. The fraction of sp³-hybridized carbons (Fsp3) is 0.0833. The van der Waals surface area contributed by atoms with Gasteiger partial charge >= 0.3 is 0 Å². The van der Waals surface area contributed by atoms with Gasteiger partial charge in [-0.25, -0.2) is 4.98 Å². The number of anilines is 2. The Balaban J connectivity index is 2.29. The molecule has 1 aromatic carbocycles. The summed E-state index contributed by atoms with van der Waals surface area (Å²) in [7, 11) is 1.48. The molecule has 0 aliphatic heterocycles. The number of nitrogens with zero attached hydrogens (tertiary/aromatic N) is 2. The highest BCUT2D eigenvalue weighted by atomic mass is 16.5. The molecule has 6 heteroatoms. The number of carbonyl (C=O) groups excluding carboxylic acids is 1. The lowest BCUT2D eigenvalue weighted by molar-refractivity contribution is 0.102. The average Bonchev–Trinajstić information content (AvgIpc) is 2.39. The Kier molecular flexibility index (Phi) is 3.38. The Morgan fingerprint density at radius 2 is 2.22 bits per heavy atom. The van der Waals surface area contributed by atoms with E-state index in [1.807, 2.05) is 0 Å². The third-order valence-electron chi connectivity index (χ3n) is 2.31. The first-order valence-electron chi connectivity index (χ1n) is 5.22. The van der Waals surface area contributed by atoms with Crippen LogP contribution in [0.2, 0.25) is 0 Å². The van der Waals surface area contributed by atoms with Crippen LogP contribution in [0.25, 0.3) is 0 Å². The van der Waals surface area contributed by atoms with Gasteiger partial charge in [-0.1, -0.05) is 6.07 Å². The summed E-state index contributed by atoms with van der Waals surface area (Å²) < 4.78 is 5.11. The predicted molar refractivity (Wildman–Crippen MR) is 67.4 cm³/mol. The molecule has 0 aliphatic carbocycles. The molecule has 6 nitrogen and oxygen atoms in total. The van der Waals surface area contributed by atoms with E-state index in [9.17, 15) is 4.79 Å². The van der Waals surface area contributed by atoms with Crippen molar-refractivity contribution in [3.63, 3.8) is 0 Å². The number of nitrogens with one attached hydrogen (secondary N) is 1. The number of carbonyl (C=O) groups is 1. The van der Waals surface area contributed by atoms with Crippen LogP contribution in [0, 0.1) is 0 Å². The molecule has 2 rings (SSSR count). The van der Waals surface area contributed by atoms with Gasteiger partial charge in [0, 0.05) is 18.1 Å². The van der Waals surface area contributed by atoms with E-state index in [-0.39, 0.29) is 11.5 Å². The first-order chi connectivity index (χ1) is 8.72. The number of aromatic nitrogens is 2. The quantitative estimate of drug-likeness (QED) is 0.795. The maximum absolute atomic E-state index is 12.1. The van der Waals surface area contributed by atoms with Gasteiger partial charge in [-0.3, -0.25) is 9.78 Å². The highest BCUT2D eigenvalue weighted by Crippen LogP contribution is 2.24. The van der Waals surface area contributed by atoms with Gasteiger partial charge in [-0.15, -0.1) is 0 Å². The Hall–Kier alpha value is -2.63. The molecule has 0 spiro atoms. The van der Waals surface area contributed by atoms with Gasteiger partial charge < -0.3 is 15.8 Å². The van der Waals surface area contributed by atoms with Gasteiger partial charge in [0.15, 0.2) is 5.82 Å². The monoisotopic (exact) mass is 244 g/mol. The van der Waals surface area contributed by atoms with Crippen LogP contribution < -0.4 is 15.8 Å². The Morgan fingerprint density at radius 3 is 2.89 bits per heavy atom. The molecule has 0 unspecified atom stereocenters. The van der Waals surface area contributed by atoms with E-state index in [1.54, 1.807) is 18.2 Å². The molecule has 1 amide bonds. The molecule has 0 bridgehead atoms. The minimum atomic E-state index is -0.384. The van der Waals surface area contributed by atoms with E-state index >= 15 is 0 Å². The highest BCUT2D eigenvalue weighted by Gasteiger charge is 2.16. The molecular weight excluding hydrogens is 232 g/mol. The number of benzene rings is 1. The molecule has 2 aromatic rings. The van der Waals surface area contributed by atoms with Crippen molar-refractivity contribution < 1.29 is 9.53 Å². The molecule has 1 heterocycles. The predicted octanol–water partition coefficient (Wildman–Crippen LogP) is 1.32. The highest BCUT2D eigenvalue weighted by molar-refractivity contribution is 6.09. The molecule has 92 valence electrons. The van der Waals surface area contributed by atoms with E-state index < -0.39 is 0 Å². The number of methoxy groups -OCH3 is 1. The van der Waals surface area contributed by atoms with Crippen LogP contribution >= 0.6 is 0 Å². The molecule has 1 aromatic heterocycles. The first kappa shape index (κ1) is 11.8. The molecule has 0 saturated carbocycles. The van der Waals surface area contributed by atoms with Crippen molar-refractivity contribution >= 4 is 17.4 Å². The van der Waals surface area contributed by atoms with Gasteiger partial charge in [-0.05, 0) is 12.1 Å². The summed E-state index contributed by atoms with van der Waals surface area (Å²) in [5, 5.41) is 2.60. The average molecular weight is 244 g/mol. The topological polar surface area (TPSA) is 90.1 Å². The number of ether oxygens (including phenoxy) is 1. The van der Waals surface area contributed by atoms with Crippen molar-refractivity contribution in [2.75, 3.05) is 18.2 Å². The number of hydrogen-bond acceptors (Lipinski definition) is 5. The summed E-state index contributed by atoms with van der Waals surface area (Å²) in [6.07, 6.45) is 4.46. The standard InChI is InChI=1S/C12H12N4O2/c1-18-9-4-2-3-8(13)11(9)12(17)16-10-7-14-5-6-15-10/h2-7H,13H2,1H3,(H,15,16,17). The maximum Gasteiger partial charge on any atom is 0.262 e. The lowest BCUT2D eigenvalue weighted by Crippen LogP contribution is -2.16. The number of nitrogen functional groups attached to an aromatic ring is 1. The van der Waals surface area contributed by atoms with E-state index in [4.69, 9.17) is 10.5 Å². The van der Waals surface area contributed by atoms with Crippen LogP contribution in [-0.2, 0) is 0 Å². The fourth-order valence-electron chi connectivity index (χ4n) is 1.50. The van der Waals surface area contributed by atoms with Gasteiger partial charge in [0.25, 0.3) is 5.91 Å². The molecule has 0 atom stereocenters. The number of nitrogens with two attached hydrogens (primary N) is 1. The normalized spacial score (nSPS) is 9.83. The Morgan fingerprint density at radius 1 is 1.39 bits per heavy atom. The van der Waals surface area contributed by atoms with Crippen molar-refractivity contribution in [3.8, 4) is 5.75 Å². The molecule has 18 heavy (non-hydrogen) atoms. The lowest BCUT2D eigenvalue weighted by atomic mass is 10.1. The smallest absolute Gasteiger partial charge is 0.262 e. The summed E-state index contributed by atoms with van der Waals surface area (Å²) in [4.78, 5) is 19.9. The Bertz CT molecular complexity index is 557. The third kappa shape index (κ3) is 2.37. The van der Waals surface area contributed by atoms with Crippen molar-refractivity contribution in [2.24, 2.45) is 0 Å². The van der Waals surface area contributed by atoms with Crippen LogP contribution in [0.4, 0.5) is 11.5 Å². The molecule has 0 saturated heterocycles. The van der Waals surface area contributed by atoms with Crippen molar-refractivity contribution in [1.29, 1.82) is 0 Å². The van der Waals surface area contributed by atoms with Crippen LogP contribution in [-0.4, -0.2) is 23.0 Å². The summed E-state index contributed by atoms with van der Waals surface area (Å²) in [5.74, 6) is 0.384. The lowest BCUT2D eigenvalue weighted by Gasteiger charge is -2.10. The summed E-state index contributed by atoms with van der Waals surface area (Å²) in [6, 6.07) is 5.02. The van der Waals surface area contributed by atoms with Gasteiger partial charge in [-0.2, -0.15) is 0 Å². The maximum atomic E-state index is 12.1. The molecule has 0 radical (unpaired) electrons. The number of rotatable bonds is 3. The second-order valence-electron chi connectivity index (χ2n) is 3.47. The van der Waals surface area contributed by atoms with E-state index in [2.05, 4.69) is 15.3 Å². The minimum absolute atomic E-state index is 0.283. The van der Waals surface area contributed by atoms with E-state index in [0.717, 1.165) is 0 Å². The van der Waals surface area contributed by atoms with Gasteiger partial charge in [0.1, 0.15) is 11.3 Å². The Labute approximate surface area is 104 Å². The van der Waals surface area contributed by atoms with Crippen LogP contribution in [0.5, 0.6) is 5.75 Å².